The van der Waals surface area contributed by atoms with Crippen molar-refractivity contribution in [2.75, 3.05) is 0 Å². The summed E-state index contributed by atoms with van der Waals surface area (Å²) >= 11 is 0. The summed E-state index contributed by atoms with van der Waals surface area (Å²) in [7, 11) is 0. The summed E-state index contributed by atoms with van der Waals surface area (Å²) in [5, 5.41) is 9.86. The highest BCUT2D eigenvalue weighted by Crippen LogP contribution is 2.46. The Balaban J connectivity index is 2.07. The molecular weight excluding hydrogens is 254 g/mol. The second-order valence-electron chi connectivity index (χ2n) is 6.52. The van der Waals surface area contributed by atoms with E-state index in [2.05, 4.69) is 0 Å². The van der Waals surface area contributed by atoms with E-state index in [4.69, 9.17) is 0 Å². The highest BCUT2D eigenvalue weighted by Gasteiger charge is 2.55. The van der Waals surface area contributed by atoms with E-state index < -0.39 is 11.5 Å². The molecule has 0 saturated heterocycles. The summed E-state index contributed by atoms with van der Waals surface area (Å²) < 4.78 is 0. The number of nitrogens with zero attached hydrogens (tertiary/aromatic N) is 1. The summed E-state index contributed by atoms with van der Waals surface area (Å²) in [5.74, 6) is -0.424. The fraction of sp³-hybridized carbons (Fsp3) is 0.500. The van der Waals surface area contributed by atoms with Crippen molar-refractivity contribution in [2.24, 2.45) is 5.41 Å². The standard InChI is InChI=1S/C16H19NO3/c1-8-5-6-9(2)13-12(8)14(19)17(15(13)20)10-7-11(18)16(10,3)4/h5-6,10-11,18H,7H2,1-4H3. The number of imide groups is 1. The van der Waals surface area contributed by atoms with E-state index in [1.54, 1.807) is 0 Å². The first-order chi connectivity index (χ1) is 9.26. The predicted octanol–water partition coefficient (Wildman–Crippen LogP) is 2.06. The number of hydrogen-bond donors (Lipinski definition) is 1. The molecule has 0 bridgehead atoms. The van der Waals surface area contributed by atoms with Crippen LogP contribution in [0.3, 0.4) is 0 Å². The zero-order valence-corrected chi connectivity index (χ0v) is 12.2. The van der Waals surface area contributed by atoms with Gasteiger partial charge in [0, 0.05) is 5.41 Å². The number of rotatable bonds is 1. The maximum atomic E-state index is 12.6. The molecular formula is C16H19NO3. The van der Waals surface area contributed by atoms with Crippen LogP contribution in [0.25, 0.3) is 0 Å². The van der Waals surface area contributed by atoms with Crippen LogP contribution in [0.5, 0.6) is 0 Å². The molecule has 3 rings (SSSR count). The molecule has 1 aliphatic heterocycles. The lowest BCUT2D eigenvalue weighted by Gasteiger charge is -2.52. The van der Waals surface area contributed by atoms with Crippen LogP contribution in [0.2, 0.25) is 0 Å². The molecule has 0 spiro atoms. The molecule has 1 fully saturated rings. The number of hydrogen-bond acceptors (Lipinski definition) is 3. The Bertz CT molecular complexity index is 592. The zero-order valence-electron chi connectivity index (χ0n) is 12.2. The minimum Gasteiger partial charge on any atom is -0.392 e. The van der Waals surface area contributed by atoms with E-state index in [-0.39, 0.29) is 17.9 Å². The van der Waals surface area contributed by atoms with E-state index in [0.717, 1.165) is 11.1 Å². The lowest BCUT2D eigenvalue weighted by Crippen LogP contribution is -2.62. The van der Waals surface area contributed by atoms with Crippen molar-refractivity contribution in [3.63, 3.8) is 0 Å². The van der Waals surface area contributed by atoms with Crippen molar-refractivity contribution in [3.05, 3.63) is 34.4 Å². The van der Waals surface area contributed by atoms with E-state index in [1.165, 1.54) is 4.90 Å². The second-order valence-corrected chi connectivity index (χ2v) is 6.52. The molecule has 1 heterocycles. The van der Waals surface area contributed by atoms with Crippen molar-refractivity contribution in [1.82, 2.24) is 4.90 Å². The van der Waals surface area contributed by atoms with Gasteiger partial charge in [-0.2, -0.15) is 0 Å². The number of aryl methyl sites for hydroxylation is 2. The molecule has 20 heavy (non-hydrogen) atoms. The minimum absolute atomic E-state index is 0.212. The summed E-state index contributed by atoms with van der Waals surface area (Å²) in [5.41, 5.74) is 2.31. The summed E-state index contributed by atoms with van der Waals surface area (Å²) in [6, 6.07) is 3.54. The highest BCUT2D eigenvalue weighted by atomic mass is 16.3. The van der Waals surface area contributed by atoms with Crippen LogP contribution in [0.4, 0.5) is 0 Å². The number of amides is 2. The molecule has 0 aromatic heterocycles. The summed E-state index contributed by atoms with van der Waals surface area (Å²) in [4.78, 5) is 26.6. The number of carbonyl (C=O) groups is 2. The number of aliphatic hydroxyl groups excluding tert-OH is 1. The number of carbonyl (C=O) groups excluding carboxylic acids is 2. The number of fused-ring (bicyclic) bond motifs is 1. The predicted molar refractivity (Wildman–Crippen MR) is 74.6 cm³/mol. The van der Waals surface area contributed by atoms with Gasteiger partial charge in [0.1, 0.15) is 0 Å². The van der Waals surface area contributed by atoms with E-state index >= 15 is 0 Å². The number of aliphatic hydroxyl groups is 1. The van der Waals surface area contributed by atoms with Gasteiger partial charge in [0.05, 0.1) is 23.3 Å². The van der Waals surface area contributed by atoms with Gasteiger partial charge in [-0.1, -0.05) is 26.0 Å². The van der Waals surface area contributed by atoms with Crippen molar-refractivity contribution in [3.8, 4) is 0 Å². The molecule has 1 aromatic rings. The van der Waals surface area contributed by atoms with Crippen molar-refractivity contribution in [2.45, 2.75) is 46.3 Å². The van der Waals surface area contributed by atoms with Crippen molar-refractivity contribution >= 4 is 11.8 Å². The molecule has 1 saturated carbocycles. The van der Waals surface area contributed by atoms with Gasteiger partial charge < -0.3 is 5.11 Å². The van der Waals surface area contributed by atoms with Crippen LogP contribution in [-0.4, -0.2) is 34.0 Å². The Morgan fingerprint density at radius 2 is 1.55 bits per heavy atom. The van der Waals surface area contributed by atoms with Gasteiger partial charge in [0.25, 0.3) is 11.8 Å². The topological polar surface area (TPSA) is 57.6 Å². The van der Waals surface area contributed by atoms with Crippen LogP contribution in [0.15, 0.2) is 12.1 Å². The Morgan fingerprint density at radius 1 is 1.10 bits per heavy atom. The molecule has 2 aliphatic rings. The lowest BCUT2D eigenvalue weighted by atomic mass is 9.64. The fourth-order valence-corrected chi connectivity index (χ4v) is 3.30. The van der Waals surface area contributed by atoms with Crippen molar-refractivity contribution in [1.29, 1.82) is 0 Å². The van der Waals surface area contributed by atoms with Gasteiger partial charge >= 0.3 is 0 Å². The molecule has 2 unspecified atom stereocenters. The van der Waals surface area contributed by atoms with E-state index in [1.807, 2.05) is 39.8 Å². The average molecular weight is 273 g/mol. The largest absolute Gasteiger partial charge is 0.392 e. The third kappa shape index (κ3) is 1.45. The Labute approximate surface area is 118 Å². The molecule has 106 valence electrons. The van der Waals surface area contributed by atoms with E-state index in [0.29, 0.717) is 17.5 Å². The SMILES string of the molecule is Cc1ccc(C)c2c1C(=O)N(C1CC(O)C1(C)C)C2=O. The summed E-state index contributed by atoms with van der Waals surface area (Å²) in [6.07, 6.45) is 0.00956. The number of benzene rings is 1. The van der Waals surface area contributed by atoms with Gasteiger partial charge in [-0.3, -0.25) is 14.5 Å². The Kier molecular flexibility index (Phi) is 2.61. The third-order valence-electron chi connectivity index (χ3n) is 4.96. The van der Waals surface area contributed by atoms with Gasteiger partial charge in [0.2, 0.25) is 0 Å². The van der Waals surface area contributed by atoms with Crippen LogP contribution < -0.4 is 0 Å². The van der Waals surface area contributed by atoms with Crippen LogP contribution in [0, 0.1) is 19.3 Å². The van der Waals surface area contributed by atoms with Gasteiger partial charge in [0.15, 0.2) is 0 Å². The third-order valence-corrected chi connectivity index (χ3v) is 4.96. The molecule has 1 N–H and O–H groups in total. The monoisotopic (exact) mass is 273 g/mol. The molecule has 4 heteroatoms. The molecule has 0 radical (unpaired) electrons. The Hall–Kier alpha value is -1.68. The Morgan fingerprint density at radius 3 is 1.90 bits per heavy atom. The molecule has 1 aliphatic carbocycles. The van der Waals surface area contributed by atoms with Crippen molar-refractivity contribution < 1.29 is 14.7 Å². The molecule has 4 nitrogen and oxygen atoms in total. The maximum absolute atomic E-state index is 12.6. The van der Waals surface area contributed by atoms with Gasteiger partial charge in [-0.25, -0.2) is 0 Å². The lowest BCUT2D eigenvalue weighted by molar-refractivity contribution is -0.0988. The van der Waals surface area contributed by atoms with Crippen LogP contribution in [-0.2, 0) is 0 Å². The highest BCUT2D eigenvalue weighted by molar-refractivity contribution is 6.23. The maximum Gasteiger partial charge on any atom is 0.262 e. The normalized spacial score (nSPS) is 27.6. The average Bonchev–Trinajstić information content (AvgIpc) is 2.64. The zero-order chi connectivity index (χ0) is 14.8. The quantitative estimate of drug-likeness (QED) is 0.797. The van der Waals surface area contributed by atoms with Crippen LogP contribution in [0.1, 0.15) is 52.1 Å². The molecule has 2 amide bonds. The minimum atomic E-state index is -0.459. The first-order valence-electron chi connectivity index (χ1n) is 6.93. The van der Waals surface area contributed by atoms with E-state index in [9.17, 15) is 14.7 Å². The first kappa shape index (κ1) is 13.3. The fourth-order valence-electron chi connectivity index (χ4n) is 3.30. The summed E-state index contributed by atoms with van der Waals surface area (Å²) in [6.45, 7) is 7.51. The molecule has 1 aromatic carbocycles. The first-order valence-corrected chi connectivity index (χ1v) is 6.93. The molecule has 2 atom stereocenters. The second kappa shape index (κ2) is 3.92. The van der Waals surface area contributed by atoms with Gasteiger partial charge in [-0.15, -0.1) is 0 Å². The smallest absolute Gasteiger partial charge is 0.262 e. The van der Waals surface area contributed by atoms with Crippen LogP contribution >= 0.6 is 0 Å². The van der Waals surface area contributed by atoms with Gasteiger partial charge in [-0.05, 0) is 31.4 Å².